The quantitative estimate of drug-likeness (QED) is 0.437. The number of hydrogen-bond donors (Lipinski definition) is 1. The van der Waals surface area contributed by atoms with Gasteiger partial charge in [0.05, 0.1) is 0 Å². The Morgan fingerprint density at radius 2 is 2.25 bits per heavy atom. The summed E-state index contributed by atoms with van der Waals surface area (Å²) >= 11 is 4.25. The van der Waals surface area contributed by atoms with Crippen LogP contribution in [0.1, 0.15) is 19.3 Å². The summed E-state index contributed by atoms with van der Waals surface area (Å²) in [5.41, 5.74) is 0.588. The molecule has 46 valence electrons. The third-order valence-corrected chi connectivity index (χ3v) is 2.54. The van der Waals surface area contributed by atoms with Crippen molar-refractivity contribution in [3.05, 3.63) is 12.7 Å². The molecule has 0 aliphatic heterocycles. The summed E-state index contributed by atoms with van der Waals surface area (Å²) in [4.78, 5) is 0. The Labute approximate surface area is 56.4 Å². The van der Waals surface area contributed by atoms with E-state index in [1.807, 2.05) is 6.08 Å². The van der Waals surface area contributed by atoms with Crippen LogP contribution in [-0.4, -0.2) is 5.75 Å². The van der Waals surface area contributed by atoms with Crippen molar-refractivity contribution in [1.29, 1.82) is 0 Å². The van der Waals surface area contributed by atoms with Crippen LogP contribution in [0.15, 0.2) is 12.7 Å². The Morgan fingerprint density at radius 1 is 1.62 bits per heavy atom. The van der Waals surface area contributed by atoms with Gasteiger partial charge in [0.1, 0.15) is 0 Å². The van der Waals surface area contributed by atoms with Crippen LogP contribution in [0.4, 0.5) is 0 Å². The van der Waals surface area contributed by atoms with E-state index in [2.05, 4.69) is 19.2 Å². The van der Waals surface area contributed by atoms with Gasteiger partial charge in [0, 0.05) is 0 Å². The highest BCUT2D eigenvalue weighted by Gasteiger charge is 2.39. The first-order valence-corrected chi connectivity index (χ1v) is 3.68. The second-order valence-electron chi connectivity index (χ2n) is 2.65. The molecule has 0 aromatic heterocycles. The van der Waals surface area contributed by atoms with E-state index >= 15 is 0 Å². The van der Waals surface area contributed by atoms with Crippen molar-refractivity contribution in [3.63, 3.8) is 0 Å². The third kappa shape index (κ3) is 1.08. The summed E-state index contributed by atoms with van der Waals surface area (Å²) in [6.07, 6.45) is 5.89. The molecule has 0 radical (unpaired) electrons. The fraction of sp³-hybridized carbons (Fsp3) is 0.714. The maximum atomic E-state index is 4.25. The minimum Gasteiger partial charge on any atom is -0.179 e. The summed E-state index contributed by atoms with van der Waals surface area (Å²) in [6.45, 7) is 3.70. The standard InChI is InChI=1S/C7H12S/c1-2-3-7(6-8)4-5-7/h2,8H,1,3-6H2. The first-order valence-electron chi connectivity index (χ1n) is 3.05. The van der Waals surface area contributed by atoms with Crippen LogP contribution in [0, 0.1) is 5.41 Å². The SMILES string of the molecule is C=CCC1(CS)CC1. The fourth-order valence-electron chi connectivity index (χ4n) is 0.910. The first-order chi connectivity index (χ1) is 3.83. The predicted molar refractivity (Wildman–Crippen MR) is 40.3 cm³/mol. The van der Waals surface area contributed by atoms with Crippen molar-refractivity contribution in [3.8, 4) is 0 Å². The van der Waals surface area contributed by atoms with Gasteiger partial charge in [-0.1, -0.05) is 6.08 Å². The van der Waals surface area contributed by atoms with Crippen LogP contribution >= 0.6 is 12.6 Å². The molecule has 0 aromatic rings. The van der Waals surface area contributed by atoms with Crippen LogP contribution in [0.2, 0.25) is 0 Å². The molecule has 0 nitrogen and oxygen atoms in total. The molecule has 0 amide bonds. The molecule has 0 N–H and O–H groups in total. The molecule has 0 saturated heterocycles. The molecule has 0 aromatic carbocycles. The zero-order chi connectivity index (χ0) is 6.04. The van der Waals surface area contributed by atoms with Gasteiger partial charge in [-0.05, 0) is 30.4 Å². The highest BCUT2D eigenvalue weighted by atomic mass is 32.1. The van der Waals surface area contributed by atoms with Gasteiger partial charge in [0.2, 0.25) is 0 Å². The molecule has 8 heavy (non-hydrogen) atoms. The average molecular weight is 128 g/mol. The van der Waals surface area contributed by atoms with Crippen molar-refractivity contribution in [1.82, 2.24) is 0 Å². The Kier molecular flexibility index (Phi) is 1.66. The van der Waals surface area contributed by atoms with Gasteiger partial charge in [0.15, 0.2) is 0 Å². The highest BCUT2D eigenvalue weighted by molar-refractivity contribution is 7.80. The van der Waals surface area contributed by atoms with Crippen molar-refractivity contribution < 1.29 is 0 Å². The lowest BCUT2D eigenvalue weighted by Gasteiger charge is -2.05. The van der Waals surface area contributed by atoms with Gasteiger partial charge < -0.3 is 0 Å². The molecule has 1 fully saturated rings. The number of rotatable bonds is 3. The van der Waals surface area contributed by atoms with Gasteiger partial charge in [-0.3, -0.25) is 0 Å². The lowest BCUT2D eigenvalue weighted by atomic mass is 10.1. The molecule has 1 aliphatic rings. The van der Waals surface area contributed by atoms with Crippen molar-refractivity contribution >= 4 is 12.6 Å². The van der Waals surface area contributed by atoms with E-state index in [0.717, 1.165) is 12.2 Å². The number of allylic oxidation sites excluding steroid dienone is 1. The smallest absolute Gasteiger partial charge is 0.00382 e. The minimum absolute atomic E-state index is 0.588. The predicted octanol–water partition coefficient (Wildman–Crippen LogP) is 2.27. The molecular formula is C7H12S. The van der Waals surface area contributed by atoms with E-state index in [4.69, 9.17) is 0 Å². The van der Waals surface area contributed by atoms with E-state index in [1.54, 1.807) is 0 Å². The second kappa shape index (κ2) is 2.14. The number of thiol groups is 1. The summed E-state index contributed by atoms with van der Waals surface area (Å²) in [7, 11) is 0. The Balaban J connectivity index is 2.29. The molecule has 0 atom stereocenters. The molecule has 1 heteroatoms. The molecule has 0 unspecified atom stereocenters. The molecule has 0 spiro atoms. The zero-order valence-electron chi connectivity index (χ0n) is 5.06. The van der Waals surface area contributed by atoms with Crippen molar-refractivity contribution in [2.45, 2.75) is 19.3 Å². The fourth-order valence-corrected chi connectivity index (χ4v) is 1.36. The van der Waals surface area contributed by atoms with Crippen LogP contribution in [0.3, 0.4) is 0 Å². The van der Waals surface area contributed by atoms with E-state index in [1.165, 1.54) is 12.8 Å². The molecule has 1 aliphatic carbocycles. The number of hydrogen-bond acceptors (Lipinski definition) is 1. The lowest BCUT2D eigenvalue weighted by Crippen LogP contribution is -1.98. The van der Waals surface area contributed by atoms with Gasteiger partial charge in [-0.25, -0.2) is 0 Å². The second-order valence-corrected chi connectivity index (χ2v) is 2.97. The minimum atomic E-state index is 0.588. The Morgan fingerprint density at radius 3 is 2.38 bits per heavy atom. The first kappa shape index (κ1) is 6.21. The van der Waals surface area contributed by atoms with E-state index in [-0.39, 0.29) is 0 Å². The molecule has 1 rings (SSSR count). The highest BCUT2D eigenvalue weighted by Crippen LogP contribution is 2.49. The summed E-state index contributed by atoms with van der Waals surface area (Å²) in [5, 5.41) is 0. The third-order valence-electron chi connectivity index (χ3n) is 1.87. The zero-order valence-corrected chi connectivity index (χ0v) is 5.95. The Bertz CT molecular complexity index is 92.6. The van der Waals surface area contributed by atoms with Crippen LogP contribution < -0.4 is 0 Å². The van der Waals surface area contributed by atoms with Gasteiger partial charge in [-0.2, -0.15) is 12.6 Å². The molecule has 0 bridgehead atoms. The van der Waals surface area contributed by atoms with Gasteiger partial charge in [0.25, 0.3) is 0 Å². The van der Waals surface area contributed by atoms with E-state index in [0.29, 0.717) is 5.41 Å². The lowest BCUT2D eigenvalue weighted by molar-refractivity contribution is 0.599. The van der Waals surface area contributed by atoms with E-state index < -0.39 is 0 Å². The van der Waals surface area contributed by atoms with E-state index in [9.17, 15) is 0 Å². The van der Waals surface area contributed by atoms with Crippen LogP contribution in [0.25, 0.3) is 0 Å². The summed E-state index contributed by atoms with van der Waals surface area (Å²) < 4.78 is 0. The largest absolute Gasteiger partial charge is 0.179 e. The average Bonchev–Trinajstić information content (AvgIpc) is 2.50. The summed E-state index contributed by atoms with van der Waals surface area (Å²) in [5.74, 6) is 1.04. The topological polar surface area (TPSA) is 0 Å². The van der Waals surface area contributed by atoms with Gasteiger partial charge in [-0.15, -0.1) is 6.58 Å². The van der Waals surface area contributed by atoms with Crippen LogP contribution in [-0.2, 0) is 0 Å². The molecular weight excluding hydrogens is 116 g/mol. The maximum Gasteiger partial charge on any atom is -0.00382 e. The van der Waals surface area contributed by atoms with Crippen molar-refractivity contribution in [2.24, 2.45) is 5.41 Å². The van der Waals surface area contributed by atoms with Crippen molar-refractivity contribution in [2.75, 3.05) is 5.75 Å². The normalized spacial score (nSPS) is 22.6. The Hall–Kier alpha value is 0.0900. The monoisotopic (exact) mass is 128 g/mol. The molecule has 1 saturated carbocycles. The summed E-state index contributed by atoms with van der Waals surface area (Å²) in [6, 6.07) is 0. The maximum absolute atomic E-state index is 4.25. The molecule has 0 heterocycles. The van der Waals surface area contributed by atoms with Gasteiger partial charge >= 0.3 is 0 Å². The van der Waals surface area contributed by atoms with Crippen LogP contribution in [0.5, 0.6) is 0 Å².